The predicted molar refractivity (Wildman–Crippen MR) is 110 cm³/mol. The van der Waals surface area contributed by atoms with Crippen molar-refractivity contribution in [2.24, 2.45) is 0 Å². The van der Waals surface area contributed by atoms with Gasteiger partial charge in [0.25, 0.3) is 0 Å². The molecule has 154 valence electrons. The van der Waals surface area contributed by atoms with Crippen LogP contribution in [0.3, 0.4) is 0 Å². The molecule has 0 saturated heterocycles. The van der Waals surface area contributed by atoms with Crippen LogP contribution >= 0.6 is 0 Å². The Hall–Kier alpha value is -2.60. The summed E-state index contributed by atoms with van der Waals surface area (Å²) in [4.78, 5) is 26.7. The molecule has 1 atom stereocenters. The van der Waals surface area contributed by atoms with Gasteiger partial charge in [0.15, 0.2) is 5.75 Å². The van der Waals surface area contributed by atoms with Crippen LogP contribution in [0.5, 0.6) is 5.75 Å². The molecular weight excluding hydrogens is 368 g/mol. The first-order valence-corrected chi connectivity index (χ1v) is 10.6. The van der Waals surface area contributed by atoms with Gasteiger partial charge in [-0.3, -0.25) is 4.98 Å². The fourth-order valence-electron chi connectivity index (χ4n) is 4.40. The number of nitrogens with one attached hydrogen (secondary N) is 1. The van der Waals surface area contributed by atoms with E-state index < -0.39 is 5.97 Å². The van der Waals surface area contributed by atoms with E-state index in [1.807, 2.05) is 6.07 Å². The largest absolute Gasteiger partial charge is 0.478 e. The number of carbonyl (C=O) groups is 1. The molecule has 1 aromatic carbocycles. The second kappa shape index (κ2) is 9.27. The SMILES string of the molecule is O=C(O)c1ccncc1NCC1CCCc2cc(OOC3CCCCC3)ccc21. The number of rotatable bonds is 7. The molecule has 2 N–H and O–H groups in total. The summed E-state index contributed by atoms with van der Waals surface area (Å²) in [5.74, 6) is 0.149. The average Bonchev–Trinajstić information content (AvgIpc) is 2.77. The van der Waals surface area contributed by atoms with Gasteiger partial charge in [0, 0.05) is 18.7 Å². The van der Waals surface area contributed by atoms with Gasteiger partial charge in [-0.2, -0.15) is 4.89 Å². The molecule has 6 heteroatoms. The molecule has 2 aliphatic rings. The third-order valence-corrected chi connectivity index (χ3v) is 5.98. The molecule has 6 nitrogen and oxygen atoms in total. The minimum Gasteiger partial charge on any atom is -0.478 e. The van der Waals surface area contributed by atoms with Crippen molar-refractivity contribution in [3.05, 3.63) is 53.3 Å². The number of hydrogen-bond acceptors (Lipinski definition) is 5. The molecule has 0 amide bonds. The van der Waals surface area contributed by atoms with E-state index in [1.54, 1.807) is 6.20 Å². The zero-order valence-electron chi connectivity index (χ0n) is 16.6. The molecule has 2 aliphatic carbocycles. The summed E-state index contributed by atoms with van der Waals surface area (Å²) in [6, 6.07) is 7.72. The molecule has 1 fully saturated rings. The van der Waals surface area contributed by atoms with Gasteiger partial charge in [-0.1, -0.05) is 25.3 Å². The topological polar surface area (TPSA) is 80.7 Å². The lowest BCUT2D eigenvalue weighted by atomic mass is 9.82. The predicted octanol–water partition coefficient (Wildman–Crippen LogP) is 4.95. The Morgan fingerprint density at radius 3 is 2.83 bits per heavy atom. The van der Waals surface area contributed by atoms with Crippen LogP contribution < -0.4 is 10.2 Å². The molecule has 0 bridgehead atoms. The Morgan fingerprint density at radius 1 is 1.14 bits per heavy atom. The van der Waals surface area contributed by atoms with Gasteiger partial charge in [-0.05, 0) is 61.4 Å². The zero-order chi connectivity index (χ0) is 20.1. The number of nitrogens with zero attached hydrogens (tertiary/aromatic N) is 1. The van der Waals surface area contributed by atoms with Crippen molar-refractivity contribution in [1.29, 1.82) is 0 Å². The Morgan fingerprint density at radius 2 is 2.00 bits per heavy atom. The van der Waals surface area contributed by atoms with Crippen LogP contribution in [0, 0.1) is 0 Å². The van der Waals surface area contributed by atoms with Gasteiger partial charge in [-0.25, -0.2) is 4.79 Å². The van der Waals surface area contributed by atoms with Crippen molar-refractivity contribution < 1.29 is 19.7 Å². The summed E-state index contributed by atoms with van der Waals surface area (Å²) >= 11 is 0. The van der Waals surface area contributed by atoms with Crippen LogP contribution in [0.2, 0.25) is 0 Å². The van der Waals surface area contributed by atoms with Gasteiger partial charge in [0.05, 0.1) is 17.4 Å². The number of pyridine rings is 1. The second-order valence-corrected chi connectivity index (χ2v) is 8.00. The van der Waals surface area contributed by atoms with Gasteiger partial charge in [-0.15, -0.1) is 0 Å². The number of aromatic nitrogens is 1. The molecular formula is C23H28N2O4. The Labute approximate surface area is 171 Å². The highest BCUT2D eigenvalue weighted by Crippen LogP contribution is 2.34. The number of fused-ring (bicyclic) bond motifs is 1. The Kier molecular flexibility index (Phi) is 6.30. The van der Waals surface area contributed by atoms with E-state index >= 15 is 0 Å². The average molecular weight is 396 g/mol. The molecule has 0 radical (unpaired) electrons. The monoisotopic (exact) mass is 396 g/mol. The highest BCUT2D eigenvalue weighted by atomic mass is 17.2. The lowest BCUT2D eigenvalue weighted by Crippen LogP contribution is -2.20. The highest BCUT2D eigenvalue weighted by molar-refractivity contribution is 5.93. The Balaban J connectivity index is 1.40. The molecule has 1 heterocycles. The standard InChI is InChI=1S/C23H28N2O4/c26-23(27)21-11-12-24-15-22(21)25-14-17-6-4-5-16-13-19(9-10-20(16)17)29-28-18-7-2-1-3-8-18/h9-13,15,17-18,25H,1-8,14H2,(H,26,27). The molecule has 1 aromatic heterocycles. The van der Waals surface area contributed by atoms with Crippen molar-refractivity contribution in [3.63, 3.8) is 0 Å². The summed E-state index contributed by atoms with van der Waals surface area (Å²) in [6.45, 7) is 0.678. The first-order valence-electron chi connectivity index (χ1n) is 10.6. The molecule has 0 aliphatic heterocycles. The van der Waals surface area contributed by atoms with Crippen LogP contribution in [0.25, 0.3) is 0 Å². The molecule has 0 spiro atoms. The second-order valence-electron chi connectivity index (χ2n) is 8.00. The van der Waals surface area contributed by atoms with Crippen molar-refractivity contribution in [3.8, 4) is 5.75 Å². The zero-order valence-corrected chi connectivity index (χ0v) is 16.6. The summed E-state index contributed by atoms with van der Waals surface area (Å²) in [5, 5.41) is 12.6. The molecule has 4 rings (SSSR count). The molecule has 1 unspecified atom stereocenters. The van der Waals surface area contributed by atoms with Gasteiger partial charge >= 0.3 is 5.97 Å². The summed E-state index contributed by atoms with van der Waals surface area (Å²) in [5.41, 5.74) is 3.40. The van der Waals surface area contributed by atoms with Crippen molar-refractivity contribution in [2.75, 3.05) is 11.9 Å². The number of carboxylic acids is 1. The summed E-state index contributed by atoms with van der Waals surface area (Å²) in [7, 11) is 0. The number of benzene rings is 1. The van der Waals surface area contributed by atoms with E-state index in [2.05, 4.69) is 22.4 Å². The van der Waals surface area contributed by atoms with Crippen LogP contribution in [-0.4, -0.2) is 28.7 Å². The summed E-state index contributed by atoms with van der Waals surface area (Å²) < 4.78 is 0. The highest BCUT2D eigenvalue weighted by Gasteiger charge is 2.22. The van der Waals surface area contributed by atoms with Crippen molar-refractivity contribution in [2.45, 2.75) is 63.4 Å². The van der Waals surface area contributed by atoms with E-state index in [1.165, 1.54) is 42.7 Å². The van der Waals surface area contributed by atoms with E-state index in [0.29, 0.717) is 18.2 Å². The van der Waals surface area contributed by atoms with E-state index in [4.69, 9.17) is 9.78 Å². The van der Waals surface area contributed by atoms with Gasteiger partial charge in [0.1, 0.15) is 6.10 Å². The van der Waals surface area contributed by atoms with Gasteiger partial charge in [0.2, 0.25) is 0 Å². The lowest BCUT2D eigenvalue weighted by molar-refractivity contribution is -0.250. The van der Waals surface area contributed by atoms with Crippen molar-refractivity contribution in [1.82, 2.24) is 4.98 Å². The first-order chi connectivity index (χ1) is 14.2. The number of carboxylic acid groups (broad SMARTS) is 1. The normalized spacial score (nSPS) is 19.4. The van der Waals surface area contributed by atoms with E-state index in [0.717, 1.165) is 37.9 Å². The fourth-order valence-corrected chi connectivity index (χ4v) is 4.40. The maximum Gasteiger partial charge on any atom is 0.337 e. The maximum absolute atomic E-state index is 11.4. The maximum atomic E-state index is 11.4. The smallest absolute Gasteiger partial charge is 0.337 e. The Bertz CT molecular complexity index is 849. The minimum atomic E-state index is -0.946. The third kappa shape index (κ3) is 4.88. The van der Waals surface area contributed by atoms with Crippen molar-refractivity contribution >= 4 is 11.7 Å². The first kappa shape index (κ1) is 19.7. The number of anilines is 1. The lowest BCUT2D eigenvalue weighted by Gasteiger charge is -2.27. The molecule has 1 saturated carbocycles. The number of aromatic carboxylic acids is 1. The summed E-state index contributed by atoms with van der Waals surface area (Å²) in [6.07, 6.45) is 12.4. The van der Waals surface area contributed by atoms with Gasteiger partial charge < -0.3 is 15.3 Å². The minimum absolute atomic E-state index is 0.208. The number of aryl methyl sites for hydroxylation is 1. The molecule has 2 aromatic rings. The van der Waals surface area contributed by atoms with Crippen LogP contribution in [0.15, 0.2) is 36.7 Å². The third-order valence-electron chi connectivity index (χ3n) is 5.98. The fraction of sp³-hybridized carbons (Fsp3) is 0.478. The van der Waals surface area contributed by atoms with Crippen LogP contribution in [-0.2, 0) is 11.3 Å². The molecule has 29 heavy (non-hydrogen) atoms. The van der Waals surface area contributed by atoms with Crippen LogP contribution in [0.1, 0.15) is 72.3 Å². The van der Waals surface area contributed by atoms with E-state index in [-0.39, 0.29) is 11.7 Å². The van der Waals surface area contributed by atoms with Crippen LogP contribution in [0.4, 0.5) is 5.69 Å². The quantitative estimate of drug-likeness (QED) is 0.509. The van der Waals surface area contributed by atoms with E-state index in [9.17, 15) is 9.90 Å². The number of hydrogen-bond donors (Lipinski definition) is 2.